The van der Waals surface area contributed by atoms with Gasteiger partial charge in [-0.1, -0.05) is 20.4 Å². The highest BCUT2D eigenvalue weighted by Crippen LogP contribution is 2.41. The Morgan fingerprint density at radius 1 is 0.929 bits per heavy atom. The summed E-state index contributed by atoms with van der Waals surface area (Å²) in [6.07, 6.45) is 10.4. The van der Waals surface area contributed by atoms with Gasteiger partial charge >= 0.3 is 0 Å². The average molecular weight is 951 g/mol. The van der Waals surface area contributed by atoms with Gasteiger partial charge in [0.15, 0.2) is 5.82 Å². The fraction of sp³-hybridized carbons (Fsp3) is 0.472. The van der Waals surface area contributed by atoms with Gasteiger partial charge in [-0.05, 0) is 99.9 Å². The zero-order valence-electron chi connectivity index (χ0n) is 41.3. The van der Waals surface area contributed by atoms with Crippen molar-refractivity contribution in [2.24, 2.45) is 12.5 Å². The van der Waals surface area contributed by atoms with Crippen molar-refractivity contribution in [1.29, 1.82) is 0 Å². The number of nitrogens with one attached hydrogen (secondary N) is 2. The number of carbonyl (C=O) groups excluding carboxylic acids is 2. The predicted octanol–water partition coefficient (Wildman–Crippen LogP) is 5.98. The van der Waals surface area contributed by atoms with Crippen molar-refractivity contribution in [1.82, 2.24) is 29.0 Å². The number of hydrogen-bond donors (Lipinski definition) is 3. The van der Waals surface area contributed by atoms with Gasteiger partial charge in [0.05, 0.1) is 42.9 Å². The van der Waals surface area contributed by atoms with Gasteiger partial charge in [0.25, 0.3) is 11.5 Å². The van der Waals surface area contributed by atoms with Crippen LogP contribution in [0.1, 0.15) is 74.8 Å². The van der Waals surface area contributed by atoms with Crippen LogP contribution in [-0.4, -0.2) is 123 Å². The van der Waals surface area contributed by atoms with E-state index >= 15 is 0 Å². The van der Waals surface area contributed by atoms with Gasteiger partial charge in [-0.15, -0.1) is 0 Å². The van der Waals surface area contributed by atoms with Gasteiger partial charge in [-0.3, -0.25) is 24.2 Å². The monoisotopic (exact) mass is 951 g/mol. The number of carbonyl (C=O) groups is 2. The molecule has 3 saturated heterocycles. The molecule has 3 N–H and O–H groups in total. The summed E-state index contributed by atoms with van der Waals surface area (Å²) in [5, 5.41) is 17.1. The minimum Gasteiger partial charge on any atom is -0.392 e. The molecule has 3 fully saturated rings. The molecule has 5 aliphatic rings. The van der Waals surface area contributed by atoms with Crippen molar-refractivity contribution in [3.63, 3.8) is 0 Å². The maximum absolute atomic E-state index is 14.1. The van der Waals surface area contributed by atoms with Crippen LogP contribution in [-0.2, 0) is 42.6 Å². The Bertz CT molecular complexity index is 2890. The normalized spacial score (nSPS) is 22.5. The molecule has 17 heteroatoms. The highest BCUT2D eigenvalue weighted by atomic mass is 16.5. The lowest BCUT2D eigenvalue weighted by Crippen LogP contribution is -2.58. The number of fused-ring (bicyclic) bond motifs is 3. The first kappa shape index (κ1) is 47.1. The first-order valence-corrected chi connectivity index (χ1v) is 24.8. The Balaban J connectivity index is 0.844. The van der Waals surface area contributed by atoms with Crippen molar-refractivity contribution < 1.29 is 19.4 Å². The van der Waals surface area contributed by atoms with E-state index in [1.807, 2.05) is 30.5 Å². The van der Waals surface area contributed by atoms with E-state index in [-0.39, 0.29) is 34.6 Å². The van der Waals surface area contributed by atoms with Crippen molar-refractivity contribution >= 4 is 52.0 Å². The van der Waals surface area contributed by atoms with E-state index in [1.54, 1.807) is 30.4 Å². The third-order valence-corrected chi connectivity index (χ3v) is 15.2. The predicted molar refractivity (Wildman–Crippen MR) is 275 cm³/mol. The molecule has 4 aromatic heterocycles. The lowest BCUT2D eigenvalue weighted by molar-refractivity contribution is -0.111. The van der Waals surface area contributed by atoms with E-state index in [9.17, 15) is 19.5 Å². The van der Waals surface area contributed by atoms with Crippen LogP contribution in [0.2, 0.25) is 0 Å². The number of benzene rings is 1. The highest BCUT2D eigenvalue weighted by Gasteiger charge is 2.38. The van der Waals surface area contributed by atoms with Crippen molar-refractivity contribution in [3.8, 4) is 11.3 Å². The molecule has 10 rings (SSSR count). The summed E-state index contributed by atoms with van der Waals surface area (Å²) in [6.45, 7) is 21.4. The fourth-order valence-corrected chi connectivity index (χ4v) is 11.7. The molecule has 0 radical (unpaired) electrons. The smallest absolute Gasteiger partial charge is 0.293 e. The van der Waals surface area contributed by atoms with Crippen LogP contribution in [0.4, 0.5) is 40.2 Å². The van der Waals surface area contributed by atoms with Crippen LogP contribution in [0, 0.1) is 5.41 Å². The van der Waals surface area contributed by atoms with E-state index in [0.717, 1.165) is 76.5 Å². The molecule has 70 heavy (non-hydrogen) atoms. The zero-order chi connectivity index (χ0) is 49.0. The molecule has 2 amide bonds. The summed E-state index contributed by atoms with van der Waals surface area (Å²) in [6, 6.07) is 15.1. The Hall–Kier alpha value is -6.56. The number of aliphatic hydroxyl groups excluding tert-OH is 1. The van der Waals surface area contributed by atoms with Crippen LogP contribution in [0.3, 0.4) is 0 Å². The summed E-state index contributed by atoms with van der Waals surface area (Å²) in [5.74, 6) is 0.928. The van der Waals surface area contributed by atoms with E-state index in [0.29, 0.717) is 77.5 Å². The second-order valence-electron chi connectivity index (χ2n) is 20.6. The summed E-state index contributed by atoms with van der Waals surface area (Å²) >= 11 is 0. The van der Waals surface area contributed by atoms with Gasteiger partial charge in [0.2, 0.25) is 5.91 Å². The van der Waals surface area contributed by atoms with Crippen LogP contribution in [0.25, 0.3) is 11.3 Å². The molecular weight excluding hydrogens is 885 g/mol. The van der Waals surface area contributed by atoms with Crippen molar-refractivity contribution in [3.05, 3.63) is 107 Å². The number of rotatable bonds is 11. The number of pyridine rings is 2. The number of aryl methyl sites for hydroxylation is 1. The van der Waals surface area contributed by atoms with Crippen LogP contribution < -0.4 is 35.8 Å². The number of piperidine rings is 1. The fourth-order valence-electron chi connectivity index (χ4n) is 11.7. The molecule has 368 valence electrons. The highest BCUT2D eigenvalue weighted by molar-refractivity contribution is 6.06. The summed E-state index contributed by atoms with van der Waals surface area (Å²) in [4.78, 5) is 66.4. The topological polar surface area (TPSA) is 169 Å². The summed E-state index contributed by atoms with van der Waals surface area (Å²) in [7, 11) is 1.65. The minimum atomic E-state index is -0.400. The molecule has 4 atom stereocenters. The lowest BCUT2D eigenvalue weighted by atomic mass is 9.90. The number of hydrogen-bond acceptors (Lipinski definition) is 13. The van der Waals surface area contributed by atoms with E-state index in [1.165, 1.54) is 27.6 Å². The first-order valence-electron chi connectivity index (χ1n) is 24.8. The minimum absolute atomic E-state index is 0.0543. The van der Waals surface area contributed by atoms with Crippen LogP contribution in [0.5, 0.6) is 0 Å². The number of aromatic nitrogens is 5. The Labute approximate surface area is 409 Å². The molecular formula is C53H66N12O5. The SMILES string of the molecule is C=CC(=O)Nc1cc(Nc2nc(-c3ccnc(N4CCn5c(cc6c5CC(C)(C)C6)C4=O)c3CO)cn(C)c2=O)ccc1N1CCN(C2CCN(c3ccnc(N4CCOC[C@@H]4C)c3)[C@@H](C)C2)C[C@@H]1C. The first-order chi connectivity index (χ1) is 33.7. The van der Waals surface area contributed by atoms with E-state index < -0.39 is 6.61 Å². The third kappa shape index (κ3) is 8.94. The molecule has 0 spiro atoms. The molecule has 1 aromatic carbocycles. The zero-order valence-corrected chi connectivity index (χ0v) is 41.3. The molecule has 5 aromatic rings. The van der Waals surface area contributed by atoms with Crippen LogP contribution in [0.15, 0.2) is 78.5 Å². The standard InChI is InChI=1S/C53H66N12O5/c1-8-48(67)57-42-25-37(9-10-44(42)62-18-17-60(29-34(62)3)38-13-16-61(33(2)23-38)39-11-14-54-47(26-39)63-21-22-70-32-35(63)4)56-49-52(69)59(7)30-43(58-49)40-12-15-55-50(41(40)31-66)65-20-19-64-45(51(65)68)24-36-27-53(5,6)28-46(36)64/h8-12,14-15,24-26,30,33-35,38,66H,1,13,16-23,27-29,31-32H2,2-7H3,(H,56,58)(H,57,67)/t33-,34-,35-,38?/m0/s1. The maximum Gasteiger partial charge on any atom is 0.293 e. The van der Waals surface area contributed by atoms with E-state index in [2.05, 4.69) is 93.1 Å². The average Bonchev–Trinajstić information content (AvgIpc) is 3.85. The maximum atomic E-state index is 14.1. The van der Waals surface area contributed by atoms with Gasteiger partial charge in [0.1, 0.15) is 17.3 Å². The number of piperazine rings is 1. The number of amides is 2. The van der Waals surface area contributed by atoms with Gasteiger partial charge < -0.3 is 44.3 Å². The van der Waals surface area contributed by atoms with Crippen LogP contribution >= 0.6 is 0 Å². The molecule has 0 bridgehead atoms. The molecule has 17 nitrogen and oxygen atoms in total. The van der Waals surface area contributed by atoms with Gasteiger partial charge in [-0.2, -0.15) is 0 Å². The molecule has 0 saturated carbocycles. The third-order valence-electron chi connectivity index (χ3n) is 15.2. The molecule has 8 heterocycles. The van der Waals surface area contributed by atoms with E-state index in [4.69, 9.17) is 14.7 Å². The number of anilines is 7. The Kier molecular flexibility index (Phi) is 12.8. The largest absolute Gasteiger partial charge is 0.392 e. The second-order valence-corrected chi connectivity index (χ2v) is 20.6. The number of nitrogens with zero attached hydrogens (tertiary/aromatic N) is 10. The number of ether oxygens (including phenoxy) is 1. The Morgan fingerprint density at radius 2 is 1.76 bits per heavy atom. The summed E-state index contributed by atoms with van der Waals surface area (Å²) in [5.41, 5.74) is 7.52. The van der Waals surface area contributed by atoms with Crippen molar-refractivity contribution in [2.75, 3.05) is 82.7 Å². The molecule has 1 aliphatic carbocycles. The number of aliphatic hydroxyl groups is 1. The molecule has 4 aliphatic heterocycles. The number of morpholine rings is 1. The van der Waals surface area contributed by atoms with Gasteiger partial charge in [-0.25, -0.2) is 15.0 Å². The lowest BCUT2D eigenvalue weighted by Gasteiger charge is -2.48. The second kappa shape index (κ2) is 19.0. The Morgan fingerprint density at radius 3 is 2.53 bits per heavy atom. The van der Waals surface area contributed by atoms with Gasteiger partial charge in [0, 0.05) is 124 Å². The van der Waals surface area contributed by atoms with Crippen molar-refractivity contribution in [2.45, 2.75) is 97.6 Å². The summed E-state index contributed by atoms with van der Waals surface area (Å²) < 4.78 is 9.27. The molecule has 1 unspecified atom stereocenters. The quantitative estimate of drug-likeness (QED) is 0.133.